The highest BCUT2D eigenvalue weighted by Gasteiger charge is 2.47. The Hall–Kier alpha value is -4.92. The van der Waals surface area contributed by atoms with E-state index < -0.39 is 0 Å². The minimum Gasteiger partial charge on any atom is -0.465 e. The van der Waals surface area contributed by atoms with E-state index in [-0.39, 0.29) is 66.4 Å². The number of amides is 5. The fraction of sp³-hybridized carbons (Fsp3) is 0.629. The fourth-order valence-electron chi connectivity index (χ4n) is 15.3. The van der Waals surface area contributed by atoms with Gasteiger partial charge in [0.05, 0.1) is 13.2 Å². The second-order valence-corrected chi connectivity index (χ2v) is 30.4. The summed E-state index contributed by atoms with van der Waals surface area (Å²) in [5.74, 6) is 1.22. The fourth-order valence-corrected chi connectivity index (χ4v) is 20.6. The summed E-state index contributed by atoms with van der Waals surface area (Å²) in [6.45, 7) is 6.51. The Morgan fingerprint density at radius 1 is 0.462 bits per heavy atom. The van der Waals surface area contributed by atoms with Crippen LogP contribution in [-0.2, 0) is 63.9 Å². The second kappa shape index (κ2) is 34.3. The number of carbonyl (C=O) groups excluding carboxylic acids is 6. The maximum absolute atomic E-state index is 13.5. The lowest BCUT2D eigenvalue weighted by Gasteiger charge is -2.38. The van der Waals surface area contributed by atoms with Crippen molar-refractivity contribution in [1.82, 2.24) is 51.1 Å². The molecule has 93 heavy (non-hydrogen) atoms. The van der Waals surface area contributed by atoms with Crippen molar-refractivity contribution in [1.29, 1.82) is 0 Å². The summed E-state index contributed by atoms with van der Waals surface area (Å²) in [5.41, 5.74) is 6.64. The van der Waals surface area contributed by atoms with Crippen molar-refractivity contribution in [2.75, 3.05) is 94.8 Å². The second-order valence-electron chi connectivity index (χ2n) is 25.7. The Bertz CT molecular complexity index is 3250. The first-order chi connectivity index (χ1) is 45.4. The molecule has 18 nitrogen and oxygen atoms in total. The highest BCUT2D eigenvalue weighted by molar-refractivity contribution is 7.11. The third kappa shape index (κ3) is 16.6. The van der Waals surface area contributed by atoms with Crippen molar-refractivity contribution in [3.63, 3.8) is 0 Å². The molecule has 0 saturated heterocycles. The van der Waals surface area contributed by atoms with E-state index in [0.29, 0.717) is 62.3 Å². The molecule has 0 aromatic carbocycles. The van der Waals surface area contributed by atoms with Gasteiger partial charge in [0, 0.05) is 94.3 Å². The zero-order chi connectivity index (χ0) is 65.5. The van der Waals surface area contributed by atoms with E-state index in [1.807, 2.05) is 44.5 Å². The van der Waals surface area contributed by atoms with Crippen molar-refractivity contribution < 1.29 is 38.2 Å². The normalized spacial score (nSPS) is 24.8. The molecule has 10 heterocycles. The van der Waals surface area contributed by atoms with Crippen molar-refractivity contribution in [2.45, 2.75) is 189 Å². The lowest BCUT2D eigenvalue weighted by molar-refractivity contribution is -0.149. The molecule has 5 N–H and O–H groups in total. The molecule has 0 radical (unpaired) electrons. The average molecular weight is 1370 g/mol. The lowest BCUT2D eigenvalue weighted by Crippen LogP contribution is -2.50. The predicted molar refractivity (Wildman–Crippen MR) is 375 cm³/mol. The van der Waals surface area contributed by atoms with E-state index in [1.54, 1.807) is 82.7 Å². The molecule has 9 aliphatic rings. The van der Waals surface area contributed by atoms with Gasteiger partial charge in [-0.25, -0.2) is 0 Å². The van der Waals surface area contributed by atoms with E-state index in [0.717, 1.165) is 55.1 Å². The van der Waals surface area contributed by atoms with Crippen LogP contribution in [0.4, 0.5) is 0 Å². The van der Waals surface area contributed by atoms with Crippen LogP contribution in [0.25, 0.3) is 0 Å². The van der Waals surface area contributed by atoms with Gasteiger partial charge >= 0.3 is 5.97 Å². The molecule has 7 atom stereocenters. The van der Waals surface area contributed by atoms with Crippen LogP contribution in [0, 0.1) is 0 Å². The van der Waals surface area contributed by atoms with Crippen LogP contribution in [0.15, 0.2) is 57.2 Å². The molecule has 7 unspecified atom stereocenters. The molecular weight excluding hydrogens is 1270 g/mol. The Kier molecular flexibility index (Phi) is 26.2. The van der Waals surface area contributed by atoms with Crippen LogP contribution in [0.1, 0.15) is 192 Å². The van der Waals surface area contributed by atoms with Gasteiger partial charge in [-0.3, -0.25) is 28.8 Å². The monoisotopic (exact) mass is 1370 g/mol. The molecule has 0 spiro atoms. The van der Waals surface area contributed by atoms with Crippen LogP contribution >= 0.6 is 56.7 Å². The number of ether oxygens (including phenoxy) is 2. The first kappa shape index (κ1) is 70.9. The Balaban J connectivity index is 0.000000128. The number of nitrogens with zero attached hydrogens (tertiary/aromatic N) is 5. The molecular formula is C70H100N10O8S5. The topological polar surface area (TPSA) is 197 Å². The van der Waals surface area contributed by atoms with Gasteiger partial charge in [0.2, 0.25) is 29.5 Å². The minimum atomic E-state index is -0.355. The number of esters is 1. The lowest BCUT2D eigenvalue weighted by atomic mass is 9.93. The zero-order valence-corrected chi connectivity index (χ0v) is 59.8. The van der Waals surface area contributed by atoms with Crippen molar-refractivity contribution >= 4 is 92.2 Å². The minimum absolute atomic E-state index is 0.0276. The molecule has 4 fully saturated rings. The molecule has 5 aliphatic heterocycles. The number of carbonyl (C=O) groups is 6. The summed E-state index contributed by atoms with van der Waals surface area (Å²) in [5, 5.41) is 26.3. The molecule has 4 aliphatic carbocycles. The van der Waals surface area contributed by atoms with Gasteiger partial charge in [0.15, 0.2) is 0 Å². The standard InChI is InChI=1S/C19H28N2OS.C14H20N2OS.C13H18N2O3S.C12H18N2O2S.C12H16N2OS/c1-20-17-18-15(11-12-23-18)14-9-6-10-16(14)21(19(17)22)13-7-4-2-3-5-8-13;1-15-12-13-10(7-9-18-13)6-8-16(14(12)17)11-4-2-3-5-11;1-3-18-10(16)8-15-6-4-9-5-7-19-12(9)11(14-2)13(15)17;1-13-10-11-9(4-8-17-11)3-5-14(12(10)15)6-7-16-2;1-13-10-11-8(5-7-16-11)4-6-14(12(10)15)9-2-3-9/h11-14,16-17,20H,2-10H2,1H3;7,9,11-12,15H,2-6,8H2,1H3;5,7,11,14H,3-4,6,8H2,1-2H3;4,8,10,13H,3,5-7H2,1-2H3;5,7,9-10,13H,2-4,6H2,1H3. The van der Waals surface area contributed by atoms with E-state index in [9.17, 15) is 28.8 Å². The van der Waals surface area contributed by atoms with E-state index in [4.69, 9.17) is 9.47 Å². The zero-order valence-electron chi connectivity index (χ0n) is 55.7. The maximum atomic E-state index is 13.5. The summed E-state index contributed by atoms with van der Waals surface area (Å²) < 4.78 is 9.96. The number of methoxy groups -OCH3 is 1. The number of rotatable bonds is 14. The highest BCUT2D eigenvalue weighted by Crippen LogP contribution is 2.48. The van der Waals surface area contributed by atoms with E-state index in [1.165, 1.54) is 139 Å². The Morgan fingerprint density at radius 2 is 0.871 bits per heavy atom. The number of likely N-dealkylation sites (N-methyl/N-ethyl adjacent to an activating group) is 5. The van der Waals surface area contributed by atoms with Gasteiger partial charge in [-0.2, -0.15) is 0 Å². The molecule has 5 amide bonds. The number of hydrogen-bond donors (Lipinski definition) is 5. The van der Waals surface area contributed by atoms with Crippen LogP contribution in [-0.4, -0.2) is 179 Å². The Labute approximate surface area is 571 Å². The first-order valence-corrected chi connectivity index (χ1v) is 38.6. The van der Waals surface area contributed by atoms with Gasteiger partial charge in [0.25, 0.3) is 0 Å². The van der Waals surface area contributed by atoms with Crippen molar-refractivity contribution in [2.24, 2.45) is 0 Å². The average Bonchev–Trinajstić information content (AvgIpc) is 1.64. The first-order valence-electron chi connectivity index (χ1n) is 34.2. The van der Waals surface area contributed by atoms with Gasteiger partial charge in [0.1, 0.15) is 36.8 Å². The molecule has 508 valence electrons. The van der Waals surface area contributed by atoms with Gasteiger partial charge in [-0.1, -0.05) is 44.9 Å². The number of hydrogen-bond acceptors (Lipinski definition) is 18. The SMILES string of the molecule is CCOC(=O)CN1CCc2ccsc2C(NC)C1=O.CNC1C(=O)N(C2CC2)CCc2ccsc21.CNC1C(=O)N(C2CCCC2)CCc2ccsc21.CNC1C(=O)N(C2CCCCCC2)C2CCCC2c2ccsc21.CNC1C(=O)N(CCOC)CCc2ccsc21. The number of thiophene rings is 5. The molecule has 5 aromatic rings. The van der Waals surface area contributed by atoms with Crippen molar-refractivity contribution in [3.8, 4) is 0 Å². The summed E-state index contributed by atoms with van der Waals surface area (Å²) in [7, 11) is 11.0. The van der Waals surface area contributed by atoms with E-state index >= 15 is 0 Å². The van der Waals surface area contributed by atoms with Gasteiger partial charge in [-0.15, -0.1) is 56.7 Å². The smallest absolute Gasteiger partial charge is 0.325 e. The molecule has 5 aromatic heterocycles. The molecule has 14 rings (SSSR count). The van der Waals surface area contributed by atoms with Crippen LogP contribution in [0.5, 0.6) is 0 Å². The third-order valence-electron chi connectivity index (χ3n) is 20.2. The van der Waals surface area contributed by atoms with Crippen molar-refractivity contribution in [3.05, 3.63) is 109 Å². The third-order valence-corrected chi connectivity index (χ3v) is 25.3. The highest BCUT2D eigenvalue weighted by atomic mass is 32.1. The molecule has 23 heteroatoms. The van der Waals surface area contributed by atoms with E-state index in [2.05, 4.69) is 87.1 Å². The largest absolute Gasteiger partial charge is 0.465 e. The molecule has 0 bridgehead atoms. The summed E-state index contributed by atoms with van der Waals surface area (Å²) >= 11 is 8.42. The Morgan fingerprint density at radius 3 is 1.34 bits per heavy atom. The molecule has 4 saturated carbocycles. The summed E-state index contributed by atoms with van der Waals surface area (Å²) in [4.78, 5) is 90.9. The van der Waals surface area contributed by atoms with Crippen LogP contribution in [0.3, 0.4) is 0 Å². The van der Waals surface area contributed by atoms with Gasteiger partial charge in [-0.05, 0) is 204 Å². The van der Waals surface area contributed by atoms with Crippen LogP contribution in [0.2, 0.25) is 0 Å². The number of nitrogens with one attached hydrogen (secondary N) is 5. The summed E-state index contributed by atoms with van der Waals surface area (Å²) in [6.07, 6.45) is 22.5. The van der Waals surface area contributed by atoms with Crippen LogP contribution < -0.4 is 26.6 Å². The predicted octanol–water partition coefficient (Wildman–Crippen LogP) is 10.1. The van der Waals surface area contributed by atoms with Gasteiger partial charge < -0.3 is 60.6 Å². The quantitative estimate of drug-likeness (QED) is 0.0521. The maximum Gasteiger partial charge on any atom is 0.325 e. The number of fused-ring (bicyclic) bond motifs is 7. The summed E-state index contributed by atoms with van der Waals surface area (Å²) in [6, 6.07) is 11.8.